The van der Waals surface area contributed by atoms with Crippen LogP contribution >= 0.6 is 22.9 Å². The van der Waals surface area contributed by atoms with Crippen LogP contribution in [0.1, 0.15) is 23.5 Å². The molecule has 1 aromatic carbocycles. The Balaban J connectivity index is 2.37. The first-order valence-corrected chi connectivity index (χ1v) is 7.79. The Morgan fingerprint density at radius 2 is 2.18 bits per heavy atom. The Bertz CT molecular complexity index is 746. The highest BCUT2D eigenvalue weighted by molar-refractivity contribution is 7.18. The maximum absolute atomic E-state index is 11.0. The lowest BCUT2D eigenvalue weighted by molar-refractivity contribution is 0.0702. The van der Waals surface area contributed by atoms with Gasteiger partial charge in [0.15, 0.2) is 0 Å². The number of aromatic carboxylic acids is 1. The van der Waals surface area contributed by atoms with E-state index in [1.165, 1.54) is 6.07 Å². The molecule has 0 atom stereocenters. The number of carboxylic acids is 1. The zero-order valence-electron chi connectivity index (χ0n) is 12.1. The van der Waals surface area contributed by atoms with Crippen molar-refractivity contribution in [3.05, 3.63) is 45.6 Å². The summed E-state index contributed by atoms with van der Waals surface area (Å²) in [4.78, 5) is 15.3. The minimum Gasteiger partial charge on any atom is -0.504 e. The average Bonchev–Trinajstić information content (AvgIpc) is 2.87. The van der Waals surface area contributed by atoms with Gasteiger partial charge >= 0.3 is 5.97 Å². The van der Waals surface area contributed by atoms with Gasteiger partial charge in [0.25, 0.3) is 0 Å². The third kappa shape index (κ3) is 3.59. The molecule has 0 aliphatic rings. The highest BCUT2D eigenvalue weighted by atomic mass is 35.5. The van der Waals surface area contributed by atoms with Gasteiger partial charge in [-0.15, -0.1) is 11.3 Å². The number of benzene rings is 1. The molecule has 1 heterocycles. The molecule has 114 valence electrons. The van der Waals surface area contributed by atoms with Gasteiger partial charge in [-0.1, -0.05) is 31.5 Å². The van der Waals surface area contributed by atoms with Gasteiger partial charge in [-0.2, -0.15) is 0 Å². The van der Waals surface area contributed by atoms with E-state index >= 15 is 0 Å². The lowest BCUT2D eigenvalue weighted by Crippen LogP contribution is -2.04. The Morgan fingerprint density at radius 1 is 1.45 bits per heavy atom. The number of thiophene rings is 1. The van der Waals surface area contributed by atoms with Crippen molar-refractivity contribution in [2.24, 2.45) is 5.92 Å². The van der Waals surface area contributed by atoms with Crippen molar-refractivity contribution in [2.45, 2.75) is 13.8 Å². The first-order valence-electron chi connectivity index (χ1n) is 6.59. The van der Waals surface area contributed by atoms with Crippen LogP contribution < -0.4 is 4.74 Å². The van der Waals surface area contributed by atoms with E-state index in [1.54, 1.807) is 18.2 Å². The van der Waals surface area contributed by atoms with E-state index in [4.69, 9.17) is 28.0 Å². The first kappa shape index (κ1) is 16.3. The van der Waals surface area contributed by atoms with Crippen molar-refractivity contribution in [3.63, 3.8) is 0 Å². The van der Waals surface area contributed by atoms with Crippen LogP contribution in [0.15, 0.2) is 24.3 Å². The number of nitrogens with zero attached hydrogens (tertiary/aromatic N) is 1. The summed E-state index contributed by atoms with van der Waals surface area (Å²) in [6.45, 7) is 11.9. The standard InChI is InChI=1S/C16H14ClNO3S/c1-9(2)8-21-13-5-4-10(6-12(13)18-3)15-11(17)7-14(22-15)16(19)20/h4-7,9H,8H2,1-2H3,(H,19,20). The Labute approximate surface area is 137 Å². The minimum atomic E-state index is -1.01. The highest BCUT2D eigenvalue weighted by Gasteiger charge is 2.15. The summed E-state index contributed by atoms with van der Waals surface area (Å²) >= 11 is 7.19. The first-order chi connectivity index (χ1) is 10.4. The van der Waals surface area contributed by atoms with E-state index in [0.29, 0.717) is 39.4 Å². The van der Waals surface area contributed by atoms with Gasteiger partial charge in [-0.25, -0.2) is 9.64 Å². The third-order valence-electron chi connectivity index (χ3n) is 2.81. The molecule has 1 N–H and O–H groups in total. The number of hydrogen-bond acceptors (Lipinski definition) is 3. The summed E-state index contributed by atoms with van der Waals surface area (Å²) in [7, 11) is 0. The number of carboxylic acid groups (broad SMARTS) is 1. The van der Waals surface area contributed by atoms with Gasteiger partial charge in [-0.05, 0) is 29.7 Å². The SMILES string of the molecule is [C-]#[N+]c1cc(-c2sc(C(=O)O)cc2Cl)ccc1OCC(C)C. The van der Waals surface area contributed by atoms with E-state index in [0.717, 1.165) is 11.3 Å². The van der Waals surface area contributed by atoms with E-state index in [1.807, 2.05) is 13.8 Å². The van der Waals surface area contributed by atoms with Crippen LogP contribution in [0.25, 0.3) is 15.3 Å². The molecule has 0 unspecified atom stereocenters. The molecule has 0 bridgehead atoms. The fraction of sp³-hybridized carbons (Fsp3) is 0.250. The van der Waals surface area contributed by atoms with Crippen molar-refractivity contribution in [3.8, 4) is 16.2 Å². The summed E-state index contributed by atoms with van der Waals surface area (Å²) < 4.78 is 5.62. The zero-order chi connectivity index (χ0) is 16.3. The highest BCUT2D eigenvalue weighted by Crippen LogP contribution is 2.40. The van der Waals surface area contributed by atoms with Gasteiger partial charge in [0.1, 0.15) is 10.6 Å². The zero-order valence-corrected chi connectivity index (χ0v) is 13.7. The van der Waals surface area contributed by atoms with Crippen molar-refractivity contribution in [1.82, 2.24) is 0 Å². The van der Waals surface area contributed by atoms with Crippen LogP contribution in [0.3, 0.4) is 0 Å². The van der Waals surface area contributed by atoms with Crippen LogP contribution in [0.2, 0.25) is 5.02 Å². The number of hydrogen-bond donors (Lipinski definition) is 1. The Hall–Kier alpha value is -2.03. The lowest BCUT2D eigenvalue weighted by atomic mass is 10.1. The Kier molecular flexibility index (Phi) is 5.07. The average molecular weight is 336 g/mol. The monoisotopic (exact) mass is 335 g/mol. The van der Waals surface area contributed by atoms with Crippen LogP contribution in [-0.2, 0) is 0 Å². The van der Waals surface area contributed by atoms with Crippen LogP contribution in [0.4, 0.5) is 5.69 Å². The van der Waals surface area contributed by atoms with E-state index in [2.05, 4.69) is 4.85 Å². The van der Waals surface area contributed by atoms with Crippen molar-refractivity contribution < 1.29 is 14.6 Å². The van der Waals surface area contributed by atoms with Crippen molar-refractivity contribution in [2.75, 3.05) is 6.61 Å². The summed E-state index contributed by atoms with van der Waals surface area (Å²) in [6.07, 6.45) is 0. The van der Waals surface area contributed by atoms with Crippen molar-refractivity contribution >= 4 is 34.6 Å². The number of ether oxygens (including phenoxy) is 1. The molecule has 0 radical (unpaired) electrons. The van der Waals surface area contributed by atoms with Crippen LogP contribution in [0.5, 0.6) is 5.75 Å². The molecular formula is C16H14ClNO3S. The minimum absolute atomic E-state index is 0.171. The molecule has 0 spiro atoms. The van der Waals surface area contributed by atoms with Crippen LogP contribution in [0, 0.1) is 12.5 Å². The number of rotatable bonds is 5. The molecule has 22 heavy (non-hydrogen) atoms. The normalized spacial score (nSPS) is 10.5. The molecule has 4 nitrogen and oxygen atoms in total. The molecule has 2 aromatic rings. The topological polar surface area (TPSA) is 50.9 Å². The summed E-state index contributed by atoms with van der Waals surface area (Å²) in [5, 5.41) is 9.39. The molecule has 0 fully saturated rings. The van der Waals surface area contributed by atoms with Gasteiger partial charge in [0, 0.05) is 0 Å². The summed E-state index contributed by atoms with van der Waals surface area (Å²) in [6, 6.07) is 6.60. The number of halogens is 1. The molecular weight excluding hydrogens is 322 g/mol. The Morgan fingerprint density at radius 3 is 2.73 bits per heavy atom. The largest absolute Gasteiger partial charge is 0.504 e. The molecule has 0 amide bonds. The fourth-order valence-electron chi connectivity index (χ4n) is 1.80. The van der Waals surface area contributed by atoms with Gasteiger partial charge in [0.2, 0.25) is 5.69 Å². The van der Waals surface area contributed by atoms with Crippen LogP contribution in [-0.4, -0.2) is 17.7 Å². The van der Waals surface area contributed by atoms with Crippen molar-refractivity contribution in [1.29, 1.82) is 0 Å². The lowest BCUT2D eigenvalue weighted by Gasteiger charge is -2.11. The fourth-order valence-corrected chi connectivity index (χ4v) is 3.08. The van der Waals surface area contributed by atoms with E-state index in [9.17, 15) is 4.79 Å². The predicted octanol–water partition coefficient (Wildman–Crippen LogP) is 5.35. The van der Waals surface area contributed by atoms with E-state index < -0.39 is 5.97 Å². The quantitative estimate of drug-likeness (QED) is 0.749. The second kappa shape index (κ2) is 6.82. The van der Waals surface area contributed by atoms with Gasteiger partial charge in [-0.3, -0.25) is 0 Å². The molecule has 6 heteroatoms. The maximum atomic E-state index is 11.0. The van der Waals surface area contributed by atoms with Gasteiger partial charge < -0.3 is 9.84 Å². The molecule has 0 aliphatic carbocycles. The van der Waals surface area contributed by atoms with Gasteiger partial charge in [0.05, 0.1) is 23.1 Å². The molecule has 2 rings (SSSR count). The second-order valence-electron chi connectivity index (χ2n) is 5.09. The predicted molar refractivity (Wildman–Crippen MR) is 88.3 cm³/mol. The maximum Gasteiger partial charge on any atom is 0.345 e. The summed E-state index contributed by atoms with van der Waals surface area (Å²) in [5.74, 6) is -0.123. The second-order valence-corrected chi connectivity index (χ2v) is 6.55. The number of carbonyl (C=O) groups is 1. The smallest absolute Gasteiger partial charge is 0.345 e. The molecule has 0 saturated heterocycles. The molecule has 1 aromatic heterocycles. The molecule has 0 aliphatic heterocycles. The van der Waals surface area contributed by atoms with E-state index in [-0.39, 0.29) is 4.88 Å². The third-order valence-corrected chi connectivity index (χ3v) is 4.39. The molecule has 0 saturated carbocycles. The summed E-state index contributed by atoms with van der Waals surface area (Å²) in [5.41, 5.74) is 1.10.